The zero-order valence-electron chi connectivity index (χ0n) is 10.9. The van der Waals surface area contributed by atoms with Crippen molar-refractivity contribution in [3.63, 3.8) is 0 Å². The third-order valence-corrected chi connectivity index (χ3v) is 4.88. The van der Waals surface area contributed by atoms with Crippen molar-refractivity contribution < 1.29 is 8.42 Å². The van der Waals surface area contributed by atoms with Gasteiger partial charge in [0.2, 0.25) is 10.0 Å². The summed E-state index contributed by atoms with van der Waals surface area (Å²) in [6.07, 6.45) is 6.45. The van der Waals surface area contributed by atoms with Gasteiger partial charge in [-0.1, -0.05) is 41.5 Å². The number of rotatable bonds is 3. The maximum absolute atomic E-state index is 12.3. The third kappa shape index (κ3) is 3.47. The van der Waals surface area contributed by atoms with Crippen molar-refractivity contribution in [2.75, 3.05) is 0 Å². The lowest BCUT2D eigenvalue weighted by Gasteiger charge is -2.28. The second kappa shape index (κ2) is 5.12. The quantitative estimate of drug-likeness (QED) is 0.930. The first-order valence-corrected chi connectivity index (χ1v) is 7.82. The van der Waals surface area contributed by atoms with Gasteiger partial charge in [-0.25, -0.2) is 13.1 Å². The second-order valence-electron chi connectivity index (χ2n) is 4.97. The van der Waals surface area contributed by atoms with Crippen LogP contribution in [0.3, 0.4) is 0 Å². The minimum atomic E-state index is -3.57. The standard InChI is InChI=1S/C14H16ClNO2S/c1-11-6-8-14(2,9-7-11)16-19(17,18)13-5-3-4-12(15)10-13/h3-8,10,16H,9H2,1-2H3. The Balaban J connectivity index is 2.26. The second-order valence-corrected chi connectivity index (χ2v) is 7.08. The lowest BCUT2D eigenvalue weighted by molar-refractivity contribution is 0.498. The van der Waals surface area contributed by atoms with Crippen molar-refractivity contribution in [1.29, 1.82) is 0 Å². The molecule has 1 unspecified atom stereocenters. The highest BCUT2D eigenvalue weighted by Gasteiger charge is 2.28. The molecule has 5 heteroatoms. The molecule has 0 aliphatic heterocycles. The Morgan fingerprint density at radius 1 is 1.37 bits per heavy atom. The van der Waals surface area contributed by atoms with E-state index in [0.717, 1.165) is 5.57 Å². The summed E-state index contributed by atoms with van der Waals surface area (Å²) in [5.41, 5.74) is 0.542. The van der Waals surface area contributed by atoms with Crippen LogP contribution in [-0.2, 0) is 10.0 Å². The van der Waals surface area contributed by atoms with Crippen molar-refractivity contribution >= 4 is 21.6 Å². The lowest BCUT2D eigenvalue weighted by Crippen LogP contribution is -2.44. The van der Waals surface area contributed by atoms with Gasteiger partial charge in [-0.2, -0.15) is 0 Å². The Bertz CT molecular complexity index is 649. The fraction of sp³-hybridized carbons (Fsp3) is 0.286. The summed E-state index contributed by atoms with van der Waals surface area (Å²) in [5.74, 6) is 0. The monoisotopic (exact) mass is 297 g/mol. The molecule has 0 saturated heterocycles. The van der Waals surface area contributed by atoms with Crippen LogP contribution in [0.2, 0.25) is 5.02 Å². The predicted octanol–water partition coefficient (Wildman–Crippen LogP) is 3.28. The van der Waals surface area contributed by atoms with Crippen molar-refractivity contribution in [3.8, 4) is 0 Å². The predicted molar refractivity (Wildman–Crippen MR) is 77.7 cm³/mol. The van der Waals surface area contributed by atoms with Crippen LogP contribution in [0.4, 0.5) is 0 Å². The molecule has 0 amide bonds. The zero-order valence-corrected chi connectivity index (χ0v) is 12.4. The fourth-order valence-corrected chi connectivity index (χ4v) is 3.58. The molecule has 0 heterocycles. The van der Waals surface area contributed by atoms with Crippen molar-refractivity contribution in [2.45, 2.75) is 30.7 Å². The van der Waals surface area contributed by atoms with Gasteiger partial charge in [-0.05, 0) is 38.5 Å². The van der Waals surface area contributed by atoms with E-state index in [9.17, 15) is 8.42 Å². The molecule has 102 valence electrons. The summed E-state index contributed by atoms with van der Waals surface area (Å²) in [6, 6.07) is 6.25. The van der Waals surface area contributed by atoms with E-state index in [1.54, 1.807) is 12.1 Å². The minimum absolute atomic E-state index is 0.181. The zero-order chi connectivity index (χ0) is 14.1. The van der Waals surface area contributed by atoms with Gasteiger partial charge >= 0.3 is 0 Å². The number of halogens is 1. The summed E-state index contributed by atoms with van der Waals surface area (Å²) in [5, 5.41) is 0.406. The molecule has 19 heavy (non-hydrogen) atoms. The largest absolute Gasteiger partial charge is 0.241 e. The number of benzene rings is 1. The SMILES string of the molecule is CC1=CCC(C)(NS(=O)(=O)c2cccc(Cl)c2)C=C1. The minimum Gasteiger partial charge on any atom is -0.207 e. The van der Waals surface area contributed by atoms with E-state index in [0.29, 0.717) is 11.4 Å². The first kappa shape index (κ1) is 14.3. The Morgan fingerprint density at radius 2 is 2.11 bits per heavy atom. The molecule has 1 atom stereocenters. The highest BCUT2D eigenvalue weighted by atomic mass is 35.5. The van der Waals surface area contributed by atoms with Crippen LogP contribution < -0.4 is 4.72 Å². The van der Waals surface area contributed by atoms with Gasteiger partial charge in [-0.3, -0.25) is 0 Å². The van der Waals surface area contributed by atoms with Gasteiger partial charge in [0.15, 0.2) is 0 Å². The molecule has 0 aromatic heterocycles. The number of hydrogen-bond acceptors (Lipinski definition) is 2. The molecule has 1 aromatic rings. The molecule has 2 rings (SSSR count). The van der Waals surface area contributed by atoms with E-state index in [-0.39, 0.29) is 4.90 Å². The Kier molecular flexibility index (Phi) is 3.85. The maximum Gasteiger partial charge on any atom is 0.241 e. The molecule has 1 aromatic carbocycles. The molecule has 1 aliphatic rings. The van der Waals surface area contributed by atoms with Crippen molar-refractivity contribution in [2.24, 2.45) is 0 Å². The molecule has 3 nitrogen and oxygen atoms in total. The summed E-state index contributed by atoms with van der Waals surface area (Å²) in [6.45, 7) is 3.84. The Morgan fingerprint density at radius 3 is 2.68 bits per heavy atom. The first-order chi connectivity index (χ1) is 8.81. The number of nitrogens with one attached hydrogen (secondary N) is 1. The first-order valence-electron chi connectivity index (χ1n) is 5.96. The van der Waals surface area contributed by atoms with Gasteiger partial charge in [0.25, 0.3) is 0 Å². The molecule has 0 saturated carbocycles. The van der Waals surface area contributed by atoms with Gasteiger partial charge < -0.3 is 0 Å². The van der Waals surface area contributed by atoms with E-state index in [1.807, 2.05) is 32.1 Å². The lowest BCUT2D eigenvalue weighted by atomic mass is 9.92. The molecular weight excluding hydrogens is 282 g/mol. The number of sulfonamides is 1. The number of allylic oxidation sites excluding steroid dienone is 2. The molecule has 1 aliphatic carbocycles. The van der Waals surface area contributed by atoms with Crippen LogP contribution in [0.1, 0.15) is 20.3 Å². The van der Waals surface area contributed by atoms with Crippen LogP contribution in [-0.4, -0.2) is 14.0 Å². The third-order valence-electron chi connectivity index (χ3n) is 3.04. The van der Waals surface area contributed by atoms with Gasteiger partial charge in [0.05, 0.1) is 10.4 Å². The summed E-state index contributed by atoms with van der Waals surface area (Å²) >= 11 is 5.83. The summed E-state index contributed by atoms with van der Waals surface area (Å²) < 4.78 is 27.3. The topological polar surface area (TPSA) is 46.2 Å². The highest BCUT2D eigenvalue weighted by molar-refractivity contribution is 7.89. The van der Waals surface area contributed by atoms with Crippen LogP contribution >= 0.6 is 11.6 Å². The Hall–Kier alpha value is -1.10. The summed E-state index contributed by atoms with van der Waals surface area (Å²) in [7, 11) is -3.57. The summed E-state index contributed by atoms with van der Waals surface area (Å²) in [4.78, 5) is 0.181. The number of hydrogen-bond donors (Lipinski definition) is 1. The smallest absolute Gasteiger partial charge is 0.207 e. The molecule has 0 bridgehead atoms. The van der Waals surface area contributed by atoms with E-state index in [2.05, 4.69) is 4.72 Å². The molecule has 0 radical (unpaired) electrons. The molecule has 1 N–H and O–H groups in total. The fourth-order valence-electron chi connectivity index (χ4n) is 1.90. The van der Waals surface area contributed by atoms with Crippen LogP contribution in [0.5, 0.6) is 0 Å². The van der Waals surface area contributed by atoms with Crippen molar-refractivity contribution in [3.05, 3.63) is 53.1 Å². The molecule has 0 spiro atoms. The average Bonchev–Trinajstić information content (AvgIpc) is 2.33. The van der Waals surface area contributed by atoms with Gasteiger partial charge in [-0.15, -0.1) is 0 Å². The van der Waals surface area contributed by atoms with Crippen LogP contribution in [0.25, 0.3) is 0 Å². The van der Waals surface area contributed by atoms with Gasteiger partial charge in [0.1, 0.15) is 0 Å². The van der Waals surface area contributed by atoms with E-state index >= 15 is 0 Å². The van der Waals surface area contributed by atoms with E-state index in [1.165, 1.54) is 12.1 Å². The van der Waals surface area contributed by atoms with Crippen molar-refractivity contribution in [1.82, 2.24) is 4.72 Å². The van der Waals surface area contributed by atoms with E-state index < -0.39 is 15.6 Å². The van der Waals surface area contributed by atoms with Gasteiger partial charge in [0, 0.05) is 5.02 Å². The van der Waals surface area contributed by atoms with Crippen LogP contribution in [0.15, 0.2) is 53.0 Å². The normalized spacial score (nSPS) is 23.2. The maximum atomic E-state index is 12.3. The highest BCUT2D eigenvalue weighted by Crippen LogP contribution is 2.24. The van der Waals surface area contributed by atoms with Crippen LogP contribution in [0, 0.1) is 0 Å². The average molecular weight is 298 g/mol. The van der Waals surface area contributed by atoms with E-state index in [4.69, 9.17) is 11.6 Å². The molecule has 0 fully saturated rings. The Labute approximate surface area is 119 Å². The molecular formula is C14H16ClNO2S.